The maximum absolute atomic E-state index is 12.5. The molecule has 10 heteroatoms. The summed E-state index contributed by atoms with van der Waals surface area (Å²) in [5.74, 6) is -0.638. The molecule has 0 saturated heterocycles. The number of benzene rings is 1. The topological polar surface area (TPSA) is 130 Å². The first-order valence-electron chi connectivity index (χ1n) is 8.59. The summed E-state index contributed by atoms with van der Waals surface area (Å²) < 4.78 is 27.3. The van der Waals surface area contributed by atoms with E-state index in [-0.39, 0.29) is 23.2 Å². The molecule has 27 heavy (non-hydrogen) atoms. The van der Waals surface area contributed by atoms with Crippen molar-refractivity contribution in [2.24, 2.45) is 5.73 Å². The van der Waals surface area contributed by atoms with Crippen molar-refractivity contribution < 1.29 is 18.0 Å². The van der Waals surface area contributed by atoms with E-state index >= 15 is 0 Å². The Bertz CT molecular complexity index is 762. The minimum absolute atomic E-state index is 0. The van der Waals surface area contributed by atoms with E-state index in [1.165, 1.54) is 38.1 Å². The largest absolute Gasteiger partial charge is 0.348 e. The van der Waals surface area contributed by atoms with E-state index in [0.29, 0.717) is 12.2 Å². The van der Waals surface area contributed by atoms with Gasteiger partial charge in [-0.3, -0.25) is 9.59 Å². The molecule has 0 bridgehead atoms. The Hall–Kier alpha value is -1.68. The van der Waals surface area contributed by atoms with Gasteiger partial charge in [-0.05, 0) is 44.0 Å². The molecule has 152 valence electrons. The van der Waals surface area contributed by atoms with Crippen LogP contribution in [0.2, 0.25) is 0 Å². The molecule has 2 amide bonds. The highest BCUT2D eigenvalue weighted by molar-refractivity contribution is 7.89. The van der Waals surface area contributed by atoms with Crippen molar-refractivity contribution >= 4 is 39.9 Å². The highest BCUT2D eigenvalue weighted by atomic mass is 35.5. The van der Waals surface area contributed by atoms with Crippen LogP contribution in [0.25, 0.3) is 0 Å². The van der Waals surface area contributed by atoms with Gasteiger partial charge >= 0.3 is 0 Å². The number of hydrogen-bond donors (Lipinski definition) is 4. The minimum atomic E-state index is -3.86. The van der Waals surface area contributed by atoms with Crippen LogP contribution in [-0.2, 0) is 19.6 Å². The average molecular weight is 419 g/mol. The Morgan fingerprint density at radius 3 is 2.22 bits per heavy atom. The fourth-order valence-electron chi connectivity index (χ4n) is 3.08. The molecule has 8 nitrogen and oxygen atoms in total. The summed E-state index contributed by atoms with van der Waals surface area (Å²) in [4.78, 5) is 23.4. The molecule has 1 aliphatic rings. The molecule has 0 spiro atoms. The van der Waals surface area contributed by atoms with Crippen LogP contribution in [-0.4, -0.2) is 38.4 Å². The van der Waals surface area contributed by atoms with E-state index in [4.69, 9.17) is 5.73 Å². The molecule has 1 fully saturated rings. The van der Waals surface area contributed by atoms with Gasteiger partial charge < -0.3 is 16.4 Å². The van der Waals surface area contributed by atoms with Gasteiger partial charge in [0.15, 0.2) is 0 Å². The second-order valence-electron chi connectivity index (χ2n) is 6.73. The summed E-state index contributed by atoms with van der Waals surface area (Å²) in [7, 11) is -3.86. The van der Waals surface area contributed by atoms with Crippen LogP contribution in [0.15, 0.2) is 29.2 Å². The van der Waals surface area contributed by atoms with Crippen molar-refractivity contribution in [3.05, 3.63) is 24.3 Å². The predicted molar refractivity (Wildman–Crippen MR) is 106 cm³/mol. The van der Waals surface area contributed by atoms with Crippen LogP contribution in [0.5, 0.6) is 0 Å². The van der Waals surface area contributed by atoms with Crippen molar-refractivity contribution in [2.45, 2.75) is 56.0 Å². The molecule has 0 heterocycles. The van der Waals surface area contributed by atoms with Crippen molar-refractivity contribution in [3.8, 4) is 0 Å². The molecule has 2 rings (SSSR count). The van der Waals surface area contributed by atoms with E-state index in [0.717, 1.165) is 25.7 Å². The highest BCUT2D eigenvalue weighted by Gasteiger charge is 2.35. The lowest BCUT2D eigenvalue weighted by Crippen LogP contribution is -2.56. The Morgan fingerprint density at radius 1 is 1.19 bits per heavy atom. The third kappa shape index (κ3) is 6.17. The fourth-order valence-corrected chi connectivity index (χ4v) is 4.28. The molecule has 1 aromatic rings. The Morgan fingerprint density at radius 2 is 1.74 bits per heavy atom. The Balaban J connectivity index is 0.00000364. The zero-order chi connectivity index (χ0) is 19.4. The van der Waals surface area contributed by atoms with Gasteiger partial charge in [-0.2, -0.15) is 4.72 Å². The van der Waals surface area contributed by atoms with Crippen LogP contribution in [0.1, 0.15) is 39.5 Å². The van der Waals surface area contributed by atoms with E-state index in [1.54, 1.807) is 0 Å². The zero-order valence-electron chi connectivity index (χ0n) is 15.4. The minimum Gasteiger partial charge on any atom is -0.348 e. The van der Waals surface area contributed by atoms with Crippen molar-refractivity contribution in [3.63, 3.8) is 0 Å². The first kappa shape index (κ1) is 23.4. The number of carbonyl (C=O) groups excluding carboxylic acids is 2. The molecule has 0 aliphatic heterocycles. The molecule has 1 aromatic carbocycles. The van der Waals surface area contributed by atoms with Crippen LogP contribution < -0.4 is 21.1 Å². The summed E-state index contributed by atoms with van der Waals surface area (Å²) in [6.07, 6.45) is 3.61. The second-order valence-corrected chi connectivity index (χ2v) is 8.44. The maximum Gasteiger partial charge on any atom is 0.241 e. The summed E-state index contributed by atoms with van der Waals surface area (Å²) in [5.41, 5.74) is 5.86. The van der Waals surface area contributed by atoms with Crippen LogP contribution >= 0.6 is 12.4 Å². The number of rotatable bonds is 7. The molecule has 0 radical (unpaired) electrons. The smallest absolute Gasteiger partial charge is 0.241 e. The second kappa shape index (κ2) is 9.50. The number of halogens is 1. The monoisotopic (exact) mass is 418 g/mol. The van der Waals surface area contributed by atoms with Gasteiger partial charge in [-0.25, -0.2) is 8.42 Å². The van der Waals surface area contributed by atoms with Gasteiger partial charge in [0, 0.05) is 19.2 Å². The third-order valence-corrected chi connectivity index (χ3v) is 6.11. The SMILES string of the molecule is CC(=O)Nc1ccc(S(=O)(=O)NC(C)C(=O)NC2(CN)CCCC2)cc1.Cl. The lowest BCUT2D eigenvalue weighted by Gasteiger charge is -2.30. The van der Waals surface area contributed by atoms with E-state index < -0.39 is 27.5 Å². The molecule has 1 atom stereocenters. The van der Waals surface area contributed by atoms with Gasteiger partial charge in [0.1, 0.15) is 0 Å². The molecule has 1 saturated carbocycles. The number of sulfonamides is 1. The lowest BCUT2D eigenvalue weighted by molar-refractivity contribution is -0.124. The molecule has 5 N–H and O–H groups in total. The molecule has 0 aromatic heterocycles. The summed E-state index contributed by atoms with van der Waals surface area (Å²) in [6.45, 7) is 3.20. The van der Waals surface area contributed by atoms with Crippen molar-refractivity contribution in [1.29, 1.82) is 0 Å². The normalized spacial score (nSPS) is 16.9. The number of anilines is 1. The Labute approximate surface area is 166 Å². The highest BCUT2D eigenvalue weighted by Crippen LogP contribution is 2.28. The average Bonchev–Trinajstić information content (AvgIpc) is 3.03. The summed E-state index contributed by atoms with van der Waals surface area (Å²) in [5, 5.41) is 5.47. The summed E-state index contributed by atoms with van der Waals surface area (Å²) in [6, 6.07) is 4.79. The van der Waals surface area contributed by atoms with Gasteiger partial charge in [-0.1, -0.05) is 12.8 Å². The van der Waals surface area contributed by atoms with Crippen molar-refractivity contribution in [1.82, 2.24) is 10.0 Å². The first-order chi connectivity index (χ1) is 12.2. The number of amides is 2. The lowest BCUT2D eigenvalue weighted by atomic mass is 9.97. The number of carbonyl (C=O) groups is 2. The van der Waals surface area contributed by atoms with E-state index in [1.807, 2.05) is 0 Å². The number of hydrogen-bond acceptors (Lipinski definition) is 5. The van der Waals surface area contributed by atoms with Crippen LogP contribution in [0.3, 0.4) is 0 Å². The molecule has 1 unspecified atom stereocenters. The third-order valence-electron chi connectivity index (χ3n) is 4.55. The predicted octanol–water partition coefficient (Wildman–Crippen LogP) is 1.12. The quantitative estimate of drug-likeness (QED) is 0.527. The van der Waals surface area contributed by atoms with Crippen LogP contribution in [0, 0.1) is 0 Å². The van der Waals surface area contributed by atoms with Gasteiger partial charge in [0.2, 0.25) is 21.8 Å². The van der Waals surface area contributed by atoms with E-state index in [9.17, 15) is 18.0 Å². The van der Waals surface area contributed by atoms with Crippen molar-refractivity contribution in [2.75, 3.05) is 11.9 Å². The standard InChI is InChI=1S/C17H26N4O4S.ClH/c1-12(16(23)20-17(11-18)9-3-4-10-17)21-26(24,25)15-7-5-14(6-8-15)19-13(2)22;/h5-8,12,21H,3-4,9-11,18H2,1-2H3,(H,19,22)(H,20,23);1H. The van der Waals surface area contributed by atoms with E-state index in [2.05, 4.69) is 15.4 Å². The van der Waals surface area contributed by atoms with Crippen LogP contribution in [0.4, 0.5) is 5.69 Å². The van der Waals surface area contributed by atoms with Gasteiger partial charge in [0.05, 0.1) is 16.5 Å². The summed E-state index contributed by atoms with van der Waals surface area (Å²) >= 11 is 0. The number of nitrogens with two attached hydrogens (primary N) is 1. The molecular weight excluding hydrogens is 392 g/mol. The Kier molecular flexibility index (Phi) is 8.22. The van der Waals surface area contributed by atoms with Gasteiger partial charge in [-0.15, -0.1) is 12.4 Å². The fraction of sp³-hybridized carbons (Fsp3) is 0.529. The maximum atomic E-state index is 12.5. The first-order valence-corrected chi connectivity index (χ1v) is 10.1. The molecule has 1 aliphatic carbocycles. The number of nitrogens with one attached hydrogen (secondary N) is 3. The van der Waals surface area contributed by atoms with Gasteiger partial charge in [0.25, 0.3) is 0 Å². The zero-order valence-corrected chi connectivity index (χ0v) is 17.1. The molecular formula is C17H27ClN4O4S.